The molecule has 4 nitrogen and oxygen atoms in total. The number of benzene rings is 1. The molecule has 0 aromatic heterocycles. The molecule has 1 heterocycles. The molecule has 0 unspecified atom stereocenters. The van der Waals surface area contributed by atoms with Gasteiger partial charge in [-0.15, -0.1) is 0 Å². The molecule has 0 saturated carbocycles. The molecule has 2 rings (SSSR count). The van der Waals surface area contributed by atoms with Crippen LogP contribution in [-0.4, -0.2) is 32.9 Å². The van der Waals surface area contributed by atoms with Crippen LogP contribution in [0.1, 0.15) is 16.7 Å². The highest BCUT2D eigenvalue weighted by molar-refractivity contribution is 7.90. The van der Waals surface area contributed by atoms with Gasteiger partial charge in [0.25, 0.3) is 0 Å². The van der Waals surface area contributed by atoms with Gasteiger partial charge in [0.2, 0.25) is 0 Å². The van der Waals surface area contributed by atoms with Crippen molar-refractivity contribution in [2.45, 2.75) is 20.8 Å². The predicted molar refractivity (Wildman–Crippen MR) is 69.5 cm³/mol. The Balaban J connectivity index is 2.43. The van der Waals surface area contributed by atoms with Crippen LogP contribution in [-0.2, 0) is 10.2 Å². The van der Waals surface area contributed by atoms with Crippen molar-refractivity contribution in [2.24, 2.45) is 0 Å². The molecule has 1 fully saturated rings. The Hall–Kier alpha value is -1.07. The number of hydrogen-bond acceptors (Lipinski definition) is 2. The largest absolute Gasteiger partial charge is 0.303 e. The Morgan fingerprint density at radius 2 is 1.59 bits per heavy atom. The lowest BCUT2D eigenvalue weighted by atomic mass is 10.1. The maximum Gasteiger partial charge on any atom is 0.303 e. The van der Waals surface area contributed by atoms with Crippen LogP contribution in [0.2, 0.25) is 0 Å². The van der Waals surface area contributed by atoms with Crippen molar-refractivity contribution in [1.82, 2.24) is 4.31 Å². The minimum Gasteiger partial charge on any atom is -0.260 e. The van der Waals surface area contributed by atoms with Crippen LogP contribution in [0.25, 0.3) is 0 Å². The lowest BCUT2D eigenvalue weighted by Gasteiger charge is -2.22. The van der Waals surface area contributed by atoms with Crippen LogP contribution in [0.15, 0.2) is 12.1 Å². The summed E-state index contributed by atoms with van der Waals surface area (Å²) in [6.45, 7) is 7.24. The third-order valence-corrected chi connectivity index (χ3v) is 5.14. The molecule has 0 aliphatic carbocycles. The fourth-order valence-electron chi connectivity index (χ4n) is 1.85. The van der Waals surface area contributed by atoms with Gasteiger partial charge in [0, 0.05) is 20.1 Å². The van der Waals surface area contributed by atoms with Crippen molar-refractivity contribution in [3.63, 3.8) is 0 Å². The van der Waals surface area contributed by atoms with E-state index in [-0.39, 0.29) is 0 Å². The van der Waals surface area contributed by atoms with E-state index in [0.717, 1.165) is 16.8 Å². The zero-order chi connectivity index (χ0) is 12.8. The summed E-state index contributed by atoms with van der Waals surface area (Å²) in [6.07, 6.45) is 0. The van der Waals surface area contributed by atoms with E-state index in [1.54, 1.807) is 7.05 Å². The van der Waals surface area contributed by atoms with Gasteiger partial charge in [-0.25, -0.2) is 0 Å². The molecule has 1 aliphatic rings. The third-order valence-electron chi connectivity index (χ3n) is 3.23. The van der Waals surface area contributed by atoms with Crippen molar-refractivity contribution in [2.75, 3.05) is 24.4 Å². The summed E-state index contributed by atoms with van der Waals surface area (Å²) < 4.78 is 27.0. The summed E-state index contributed by atoms with van der Waals surface area (Å²) in [4.78, 5) is 0. The molecule has 0 spiro atoms. The van der Waals surface area contributed by atoms with Crippen LogP contribution in [0, 0.1) is 20.8 Å². The minimum absolute atomic E-state index is 0.635. The second kappa shape index (κ2) is 3.99. The fraction of sp³-hybridized carbons (Fsp3) is 0.500. The van der Waals surface area contributed by atoms with Gasteiger partial charge in [0.05, 0.1) is 5.69 Å². The van der Waals surface area contributed by atoms with Crippen molar-refractivity contribution in [3.8, 4) is 0 Å². The zero-order valence-electron chi connectivity index (χ0n) is 10.7. The first kappa shape index (κ1) is 12.4. The predicted octanol–water partition coefficient (Wildman–Crippen LogP) is 1.61. The van der Waals surface area contributed by atoms with E-state index in [4.69, 9.17) is 0 Å². The number of hydrogen-bond donors (Lipinski definition) is 0. The van der Waals surface area contributed by atoms with Crippen molar-refractivity contribution >= 4 is 15.9 Å². The SMILES string of the molecule is Cc1cc(C)c(N(C)S(=O)(=O)N2CC2)cc1C. The molecule has 1 aromatic rings. The van der Waals surface area contributed by atoms with E-state index >= 15 is 0 Å². The summed E-state index contributed by atoms with van der Waals surface area (Å²) in [6, 6.07) is 3.96. The van der Waals surface area contributed by atoms with Crippen molar-refractivity contribution in [3.05, 3.63) is 28.8 Å². The van der Waals surface area contributed by atoms with Crippen LogP contribution in [0.3, 0.4) is 0 Å². The van der Waals surface area contributed by atoms with Gasteiger partial charge in [-0.1, -0.05) is 6.07 Å². The van der Waals surface area contributed by atoms with E-state index in [1.807, 2.05) is 32.9 Å². The van der Waals surface area contributed by atoms with Gasteiger partial charge in [-0.2, -0.15) is 12.7 Å². The fourth-order valence-corrected chi connectivity index (χ4v) is 3.19. The van der Waals surface area contributed by atoms with Crippen molar-refractivity contribution in [1.29, 1.82) is 0 Å². The molecule has 0 bridgehead atoms. The highest BCUT2D eigenvalue weighted by Crippen LogP contribution is 2.27. The lowest BCUT2D eigenvalue weighted by molar-refractivity contribution is 0.561. The molecule has 0 amide bonds. The Bertz CT molecular complexity index is 548. The number of rotatable bonds is 3. The molecule has 0 radical (unpaired) electrons. The Morgan fingerprint density at radius 1 is 1.06 bits per heavy atom. The van der Waals surface area contributed by atoms with E-state index in [2.05, 4.69) is 0 Å². The Labute approximate surface area is 103 Å². The van der Waals surface area contributed by atoms with Gasteiger partial charge in [-0.3, -0.25) is 4.31 Å². The minimum atomic E-state index is -3.30. The molecule has 1 saturated heterocycles. The number of anilines is 1. The van der Waals surface area contributed by atoms with Crippen LogP contribution < -0.4 is 4.31 Å². The first-order valence-electron chi connectivity index (χ1n) is 5.66. The second-order valence-electron chi connectivity index (χ2n) is 4.60. The van der Waals surface area contributed by atoms with E-state index < -0.39 is 10.2 Å². The molecular weight excluding hydrogens is 236 g/mol. The summed E-state index contributed by atoms with van der Waals surface area (Å²) in [5.41, 5.74) is 4.04. The van der Waals surface area contributed by atoms with Gasteiger partial charge in [-0.05, 0) is 43.5 Å². The molecular formula is C12H18N2O2S. The monoisotopic (exact) mass is 254 g/mol. The first-order chi connectivity index (χ1) is 7.84. The average molecular weight is 254 g/mol. The normalized spacial score (nSPS) is 16.0. The Kier molecular flexibility index (Phi) is 2.91. The van der Waals surface area contributed by atoms with E-state index in [9.17, 15) is 8.42 Å². The molecule has 5 heteroatoms. The molecule has 94 valence electrons. The highest BCUT2D eigenvalue weighted by atomic mass is 32.2. The summed E-state index contributed by atoms with van der Waals surface area (Å²) in [5, 5.41) is 0. The Morgan fingerprint density at radius 3 is 2.12 bits per heavy atom. The number of nitrogens with zero attached hydrogens (tertiary/aromatic N) is 2. The van der Waals surface area contributed by atoms with Crippen LogP contribution in [0.5, 0.6) is 0 Å². The van der Waals surface area contributed by atoms with Gasteiger partial charge in [0.15, 0.2) is 0 Å². The molecule has 0 atom stereocenters. The smallest absolute Gasteiger partial charge is 0.260 e. The molecule has 0 N–H and O–H groups in total. The van der Waals surface area contributed by atoms with Crippen LogP contribution >= 0.6 is 0 Å². The second-order valence-corrected chi connectivity index (χ2v) is 6.56. The molecule has 1 aromatic carbocycles. The zero-order valence-corrected chi connectivity index (χ0v) is 11.5. The maximum absolute atomic E-state index is 12.1. The molecule has 17 heavy (non-hydrogen) atoms. The van der Waals surface area contributed by atoms with Gasteiger partial charge >= 0.3 is 10.2 Å². The standard InChI is InChI=1S/C12H18N2O2S/c1-9-7-11(3)12(8-10(9)2)13(4)17(15,16)14-5-6-14/h7-8H,5-6H2,1-4H3. The van der Waals surface area contributed by atoms with E-state index in [1.165, 1.54) is 14.2 Å². The summed E-state index contributed by atoms with van der Waals surface area (Å²) >= 11 is 0. The van der Waals surface area contributed by atoms with Crippen LogP contribution in [0.4, 0.5) is 5.69 Å². The van der Waals surface area contributed by atoms with Crippen molar-refractivity contribution < 1.29 is 8.42 Å². The summed E-state index contributed by atoms with van der Waals surface area (Å²) in [5.74, 6) is 0. The first-order valence-corrected chi connectivity index (χ1v) is 7.05. The highest BCUT2D eigenvalue weighted by Gasteiger charge is 2.35. The quantitative estimate of drug-likeness (QED) is 0.769. The van der Waals surface area contributed by atoms with E-state index in [0.29, 0.717) is 13.1 Å². The van der Waals surface area contributed by atoms with Gasteiger partial charge < -0.3 is 0 Å². The average Bonchev–Trinajstić information content (AvgIpc) is 3.06. The topological polar surface area (TPSA) is 40.4 Å². The molecule has 1 aliphatic heterocycles. The lowest BCUT2D eigenvalue weighted by Crippen LogP contribution is -2.32. The maximum atomic E-state index is 12.1. The number of aryl methyl sites for hydroxylation is 3. The summed E-state index contributed by atoms with van der Waals surface area (Å²) in [7, 11) is -1.69. The van der Waals surface area contributed by atoms with Gasteiger partial charge in [0.1, 0.15) is 0 Å². The third kappa shape index (κ3) is 2.17.